The number of fused-ring (bicyclic) bond motifs is 1. The van der Waals surface area contributed by atoms with Gasteiger partial charge in [-0.1, -0.05) is 24.3 Å². The van der Waals surface area contributed by atoms with E-state index in [1.54, 1.807) is 0 Å². The fraction of sp³-hybridized carbons (Fsp3) is 0.278. The van der Waals surface area contributed by atoms with Gasteiger partial charge >= 0.3 is 0 Å². The molecule has 23 heavy (non-hydrogen) atoms. The zero-order valence-corrected chi connectivity index (χ0v) is 14.4. The number of aromatic nitrogens is 1. The van der Waals surface area contributed by atoms with E-state index in [4.69, 9.17) is 0 Å². The second-order valence-corrected chi connectivity index (χ2v) is 6.65. The molecule has 120 valence electrons. The number of thiophene rings is 1. The van der Waals surface area contributed by atoms with E-state index in [0.29, 0.717) is 6.04 Å². The molecule has 1 unspecified atom stereocenters. The third-order valence-electron chi connectivity index (χ3n) is 4.36. The van der Waals surface area contributed by atoms with Crippen LogP contribution in [0.2, 0.25) is 0 Å². The minimum Gasteiger partial charge on any atom is -0.314 e. The Morgan fingerprint density at radius 3 is 3.00 bits per heavy atom. The fourth-order valence-electron chi connectivity index (χ4n) is 3.21. The maximum Gasteiger partial charge on any atom is 0.0492 e. The standard InChI is InChI=1S/C18H19N3S.ClH/c1-2-6-18-16(5-1)15(13-22-18)12-21-9-8-20-11-17(21)14-4-3-7-19-10-14;/h1-7,10,13,17,20H,8-9,11-12H2;1H. The van der Waals surface area contributed by atoms with Gasteiger partial charge in [-0.2, -0.15) is 0 Å². The highest BCUT2D eigenvalue weighted by atomic mass is 35.5. The molecule has 4 rings (SSSR count). The first-order valence-corrected chi connectivity index (χ1v) is 8.59. The van der Waals surface area contributed by atoms with Gasteiger partial charge in [0, 0.05) is 49.3 Å². The van der Waals surface area contributed by atoms with Gasteiger partial charge in [0.15, 0.2) is 0 Å². The number of piperazine rings is 1. The summed E-state index contributed by atoms with van der Waals surface area (Å²) in [6, 6.07) is 13.3. The molecule has 0 spiro atoms. The van der Waals surface area contributed by atoms with Crippen molar-refractivity contribution in [3.63, 3.8) is 0 Å². The molecule has 1 aliphatic heterocycles. The molecule has 3 heterocycles. The minimum absolute atomic E-state index is 0. The molecule has 0 amide bonds. The second-order valence-electron chi connectivity index (χ2n) is 5.73. The van der Waals surface area contributed by atoms with Crippen molar-refractivity contribution in [3.05, 3.63) is 65.3 Å². The monoisotopic (exact) mass is 345 g/mol. The first-order valence-electron chi connectivity index (χ1n) is 7.71. The van der Waals surface area contributed by atoms with Crippen molar-refractivity contribution in [2.75, 3.05) is 19.6 Å². The van der Waals surface area contributed by atoms with Crippen molar-refractivity contribution >= 4 is 33.8 Å². The topological polar surface area (TPSA) is 28.2 Å². The van der Waals surface area contributed by atoms with Crippen LogP contribution in [0.15, 0.2) is 54.2 Å². The van der Waals surface area contributed by atoms with E-state index >= 15 is 0 Å². The quantitative estimate of drug-likeness (QED) is 0.781. The van der Waals surface area contributed by atoms with Crippen LogP contribution < -0.4 is 5.32 Å². The number of benzene rings is 1. The number of hydrogen-bond donors (Lipinski definition) is 1. The summed E-state index contributed by atoms with van der Waals surface area (Å²) in [4.78, 5) is 6.86. The predicted octanol–water partition coefficient (Wildman–Crippen LogP) is 3.86. The average molecular weight is 346 g/mol. The molecule has 1 saturated heterocycles. The molecule has 3 nitrogen and oxygen atoms in total. The summed E-state index contributed by atoms with van der Waals surface area (Å²) in [6.07, 6.45) is 3.84. The van der Waals surface area contributed by atoms with E-state index in [1.165, 1.54) is 21.2 Å². The molecule has 0 saturated carbocycles. The Bertz CT molecular complexity index is 759. The maximum absolute atomic E-state index is 4.29. The number of pyridine rings is 1. The molecule has 1 N–H and O–H groups in total. The lowest BCUT2D eigenvalue weighted by Gasteiger charge is -2.36. The first-order chi connectivity index (χ1) is 10.9. The SMILES string of the molecule is Cl.c1cncc(C2CNCCN2Cc2csc3ccccc23)c1. The van der Waals surface area contributed by atoms with Gasteiger partial charge in [0.2, 0.25) is 0 Å². The Labute approximate surface area is 146 Å². The lowest BCUT2D eigenvalue weighted by atomic mass is 10.0. The average Bonchev–Trinajstić information content (AvgIpc) is 2.99. The molecule has 2 aromatic heterocycles. The van der Waals surface area contributed by atoms with Gasteiger partial charge in [-0.15, -0.1) is 23.7 Å². The van der Waals surface area contributed by atoms with Crippen molar-refractivity contribution in [2.24, 2.45) is 0 Å². The Kier molecular flexibility index (Phi) is 5.28. The van der Waals surface area contributed by atoms with Gasteiger partial charge in [-0.05, 0) is 34.0 Å². The predicted molar refractivity (Wildman–Crippen MR) is 99.3 cm³/mol. The summed E-state index contributed by atoms with van der Waals surface area (Å²) in [6.45, 7) is 4.13. The highest BCUT2D eigenvalue weighted by Gasteiger charge is 2.24. The summed E-state index contributed by atoms with van der Waals surface area (Å²) in [5, 5.41) is 7.22. The third-order valence-corrected chi connectivity index (χ3v) is 5.37. The van der Waals surface area contributed by atoms with Crippen LogP contribution in [-0.2, 0) is 6.54 Å². The minimum atomic E-state index is 0. The summed E-state index contributed by atoms with van der Waals surface area (Å²) in [5.74, 6) is 0. The zero-order valence-electron chi connectivity index (χ0n) is 12.8. The van der Waals surface area contributed by atoms with Crippen molar-refractivity contribution in [2.45, 2.75) is 12.6 Å². The van der Waals surface area contributed by atoms with E-state index in [-0.39, 0.29) is 12.4 Å². The Morgan fingerprint density at radius 1 is 1.22 bits per heavy atom. The molecule has 1 aromatic carbocycles. The van der Waals surface area contributed by atoms with Crippen LogP contribution in [0.4, 0.5) is 0 Å². The van der Waals surface area contributed by atoms with Gasteiger partial charge in [0.25, 0.3) is 0 Å². The van der Waals surface area contributed by atoms with Crippen LogP contribution in [0, 0.1) is 0 Å². The Hall–Kier alpha value is -1.46. The Morgan fingerprint density at radius 2 is 2.13 bits per heavy atom. The second kappa shape index (κ2) is 7.41. The summed E-state index contributed by atoms with van der Waals surface area (Å²) in [7, 11) is 0. The van der Waals surface area contributed by atoms with Crippen molar-refractivity contribution in [3.8, 4) is 0 Å². The van der Waals surface area contributed by atoms with E-state index < -0.39 is 0 Å². The van der Waals surface area contributed by atoms with Crippen molar-refractivity contribution in [1.82, 2.24) is 15.2 Å². The van der Waals surface area contributed by atoms with E-state index in [0.717, 1.165) is 26.2 Å². The summed E-state index contributed by atoms with van der Waals surface area (Å²) >= 11 is 1.84. The molecule has 5 heteroatoms. The van der Waals surface area contributed by atoms with Crippen LogP contribution in [0.5, 0.6) is 0 Å². The normalized spacial score (nSPS) is 18.7. The van der Waals surface area contributed by atoms with Gasteiger partial charge in [0.05, 0.1) is 0 Å². The van der Waals surface area contributed by atoms with E-state index in [1.807, 2.05) is 29.8 Å². The third kappa shape index (κ3) is 3.40. The van der Waals surface area contributed by atoms with Gasteiger partial charge < -0.3 is 5.32 Å². The number of nitrogens with one attached hydrogen (secondary N) is 1. The first kappa shape index (κ1) is 16.4. The van der Waals surface area contributed by atoms with Gasteiger partial charge in [-0.25, -0.2) is 0 Å². The van der Waals surface area contributed by atoms with Crippen LogP contribution in [0.1, 0.15) is 17.2 Å². The van der Waals surface area contributed by atoms with Gasteiger partial charge in [-0.3, -0.25) is 9.88 Å². The van der Waals surface area contributed by atoms with Crippen LogP contribution in [0.3, 0.4) is 0 Å². The molecule has 1 fully saturated rings. The highest BCUT2D eigenvalue weighted by molar-refractivity contribution is 7.17. The number of hydrogen-bond acceptors (Lipinski definition) is 4. The van der Waals surface area contributed by atoms with E-state index in [2.05, 4.69) is 50.9 Å². The zero-order chi connectivity index (χ0) is 14.8. The number of halogens is 1. The molecular formula is C18H20ClN3S. The van der Waals surface area contributed by atoms with Gasteiger partial charge in [0.1, 0.15) is 0 Å². The van der Waals surface area contributed by atoms with Crippen LogP contribution in [-0.4, -0.2) is 29.5 Å². The molecule has 1 atom stereocenters. The molecule has 0 aliphatic carbocycles. The lowest BCUT2D eigenvalue weighted by Crippen LogP contribution is -2.45. The van der Waals surface area contributed by atoms with Crippen LogP contribution in [0.25, 0.3) is 10.1 Å². The molecule has 0 bridgehead atoms. The summed E-state index contributed by atoms with van der Waals surface area (Å²) < 4.78 is 1.38. The van der Waals surface area contributed by atoms with Crippen LogP contribution >= 0.6 is 23.7 Å². The molecular weight excluding hydrogens is 326 g/mol. The molecule has 0 radical (unpaired) electrons. The summed E-state index contributed by atoms with van der Waals surface area (Å²) in [5.41, 5.74) is 2.74. The smallest absolute Gasteiger partial charge is 0.0492 e. The number of rotatable bonds is 3. The van der Waals surface area contributed by atoms with Crippen molar-refractivity contribution in [1.29, 1.82) is 0 Å². The largest absolute Gasteiger partial charge is 0.314 e. The van der Waals surface area contributed by atoms with E-state index in [9.17, 15) is 0 Å². The molecule has 1 aliphatic rings. The Balaban J connectivity index is 0.00000156. The van der Waals surface area contributed by atoms with Crippen molar-refractivity contribution < 1.29 is 0 Å². The highest BCUT2D eigenvalue weighted by Crippen LogP contribution is 2.30. The molecule has 3 aromatic rings. The fourth-order valence-corrected chi connectivity index (χ4v) is 4.17. The maximum atomic E-state index is 4.29. The number of nitrogens with zero attached hydrogens (tertiary/aromatic N) is 2. The lowest BCUT2D eigenvalue weighted by molar-refractivity contribution is 0.154.